The highest BCUT2D eigenvalue weighted by Crippen LogP contribution is 2.11. The summed E-state index contributed by atoms with van der Waals surface area (Å²) >= 11 is 0. The lowest BCUT2D eigenvalue weighted by Crippen LogP contribution is -2.36. The predicted octanol–water partition coefficient (Wildman–Crippen LogP) is 0.567. The van der Waals surface area contributed by atoms with Crippen LogP contribution in [-0.2, 0) is 9.59 Å². The molecule has 0 heterocycles. The number of aliphatic carboxylic acids is 1. The van der Waals surface area contributed by atoms with Crippen LogP contribution in [0.25, 0.3) is 0 Å². The minimum absolute atomic E-state index is 0.0528. The van der Waals surface area contributed by atoms with Crippen LogP contribution in [0.5, 0.6) is 0 Å². The molecule has 0 saturated heterocycles. The first kappa shape index (κ1) is 16.6. The Bertz CT molecular complexity index is 531. The van der Waals surface area contributed by atoms with Gasteiger partial charge in [-0.05, 0) is 31.5 Å². The first-order valence-electron chi connectivity index (χ1n) is 6.60. The average molecular weight is 293 g/mol. The topological polar surface area (TPSA) is 122 Å². The van der Waals surface area contributed by atoms with Gasteiger partial charge in [-0.2, -0.15) is 0 Å². The molecule has 0 saturated carbocycles. The minimum Gasteiger partial charge on any atom is -0.481 e. The van der Waals surface area contributed by atoms with Crippen molar-refractivity contribution in [1.82, 2.24) is 5.32 Å². The van der Waals surface area contributed by atoms with Gasteiger partial charge in [-0.3, -0.25) is 14.4 Å². The molecule has 5 N–H and O–H groups in total. The zero-order chi connectivity index (χ0) is 15.8. The fourth-order valence-corrected chi connectivity index (χ4v) is 1.65. The van der Waals surface area contributed by atoms with Crippen LogP contribution in [0.1, 0.15) is 30.1 Å². The van der Waals surface area contributed by atoms with E-state index in [1.165, 1.54) is 6.07 Å². The lowest BCUT2D eigenvalue weighted by atomic mass is 10.1. The molecule has 0 spiro atoms. The summed E-state index contributed by atoms with van der Waals surface area (Å²) in [4.78, 5) is 33.9. The molecule has 0 radical (unpaired) electrons. The molecule has 0 aliphatic heterocycles. The van der Waals surface area contributed by atoms with Crippen LogP contribution in [0.15, 0.2) is 24.3 Å². The number of carbonyl (C=O) groups excluding carboxylic acids is 2. The van der Waals surface area contributed by atoms with Crippen molar-refractivity contribution in [3.8, 4) is 0 Å². The number of hydrogen-bond donors (Lipinski definition) is 4. The van der Waals surface area contributed by atoms with Gasteiger partial charge in [0, 0.05) is 24.2 Å². The normalized spacial score (nSPS) is 11.5. The van der Waals surface area contributed by atoms with Crippen molar-refractivity contribution in [1.29, 1.82) is 0 Å². The summed E-state index contributed by atoms with van der Waals surface area (Å²) in [5, 5.41) is 13.8. The van der Waals surface area contributed by atoms with Crippen molar-refractivity contribution in [3.05, 3.63) is 29.8 Å². The maximum Gasteiger partial charge on any atom is 0.303 e. The van der Waals surface area contributed by atoms with Crippen molar-refractivity contribution >= 4 is 23.5 Å². The average Bonchev–Trinajstić information content (AvgIpc) is 2.45. The van der Waals surface area contributed by atoms with Crippen molar-refractivity contribution in [2.24, 2.45) is 5.73 Å². The third-order valence-electron chi connectivity index (χ3n) is 2.74. The third kappa shape index (κ3) is 5.62. The zero-order valence-electron chi connectivity index (χ0n) is 11.8. The van der Waals surface area contributed by atoms with Crippen LogP contribution in [-0.4, -0.2) is 35.5 Å². The molecule has 0 bridgehead atoms. The number of nitrogens with two attached hydrogens (primary N) is 1. The SMILES string of the molecule is CCNC(=O)c1cccc(NC(=O)C(N)CCC(=O)O)c1. The van der Waals surface area contributed by atoms with Crippen LogP contribution in [0.4, 0.5) is 5.69 Å². The van der Waals surface area contributed by atoms with Crippen LogP contribution in [0.3, 0.4) is 0 Å². The lowest BCUT2D eigenvalue weighted by molar-refractivity contribution is -0.137. The smallest absolute Gasteiger partial charge is 0.303 e. The van der Waals surface area contributed by atoms with Crippen molar-refractivity contribution in [2.75, 3.05) is 11.9 Å². The Kier molecular flexibility index (Phi) is 6.35. The molecule has 7 nitrogen and oxygen atoms in total. The van der Waals surface area contributed by atoms with Gasteiger partial charge in [0.15, 0.2) is 0 Å². The highest BCUT2D eigenvalue weighted by Gasteiger charge is 2.15. The number of benzene rings is 1. The van der Waals surface area contributed by atoms with Crippen LogP contribution < -0.4 is 16.4 Å². The molecule has 1 aromatic carbocycles. The molecule has 1 rings (SSSR count). The van der Waals surface area contributed by atoms with Gasteiger partial charge in [-0.25, -0.2) is 0 Å². The Morgan fingerprint density at radius 2 is 2.05 bits per heavy atom. The van der Waals surface area contributed by atoms with Crippen molar-refractivity contribution < 1.29 is 19.5 Å². The molecule has 0 fully saturated rings. The summed E-state index contributed by atoms with van der Waals surface area (Å²) in [5.41, 5.74) is 6.47. The zero-order valence-corrected chi connectivity index (χ0v) is 11.8. The molecule has 21 heavy (non-hydrogen) atoms. The summed E-state index contributed by atoms with van der Waals surface area (Å²) in [7, 11) is 0. The molecule has 0 aliphatic rings. The number of hydrogen-bond acceptors (Lipinski definition) is 4. The number of carbonyl (C=O) groups is 3. The maximum atomic E-state index is 11.8. The summed E-state index contributed by atoms with van der Waals surface area (Å²) in [6, 6.07) is 5.53. The van der Waals surface area contributed by atoms with E-state index in [0.717, 1.165) is 0 Å². The Morgan fingerprint density at radius 1 is 1.33 bits per heavy atom. The molecule has 0 aliphatic carbocycles. The molecule has 1 aromatic rings. The third-order valence-corrected chi connectivity index (χ3v) is 2.74. The van der Waals surface area contributed by atoms with E-state index >= 15 is 0 Å². The van der Waals surface area contributed by atoms with E-state index in [9.17, 15) is 14.4 Å². The van der Waals surface area contributed by atoms with Gasteiger partial charge in [0.25, 0.3) is 5.91 Å². The fraction of sp³-hybridized carbons (Fsp3) is 0.357. The van der Waals surface area contributed by atoms with Crippen LogP contribution in [0.2, 0.25) is 0 Å². The molecule has 114 valence electrons. The van der Waals surface area contributed by atoms with E-state index in [2.05, 4.69) is 10.6 Å². The Balaban J connectivity index is 2.65. The summed E-state index contributed by atoms with van der Waals surface area (Å²) < 4.78 is 0. The summed E-state index contributed by atoms with van der Waals surface area (Å²) in [5.74, 6) is -1.72. The quantitative estimate of drug-likeness (QED) is 0.585. The van der Waals surface area contributed by atoms with Gasteiger partial charge in [0.05, 0.1) is 6.04 Å². The highest BCUT2D eigenvalue weighted by molar-refractivity contribution is 5.98. The van der Waals surface area contributed by atoms with E-state index < -0.39 is 17.9 Å². The first-order chi connectivity index (χ1) is 9.93. The standard InChI is InChI=1S/C14H19N3O4/c1-2-16-13(20)9-4-3-5-10(8-9)17-14(21)11(15)6-7-12(18)19/h3-5,8,11H,2,6-7,15H2,1H3,(H,16,20)(H,17,21)(H,18,19). The lowest BCUT2D eigenvalue weighted by Gasteiger charge is -2.12. The van der Waals surface area contributed by atoms with Gasteiger partial charge < -0.3 is 21.5 Å². The van der Waals surface area contributed by atoms with Crippen molar-refractivity contribution in [3.63, 3.8) is 0 Å². The number of nitrogens with one attached hydrogen (secondary N) is 2. The van der Waals surface area contributed by atoms with E-state index in [4.69, 9.17) is 10.8 Å². The van der Waals surface area contributed by atoms with Gasteiger partial charge in [-0.15, -0.1) is 0 Å². The number of anilines is 1. The predicted molar refractivity (Wildman–Crippen MR) is 77.9 cm³/mol. The Morgan fingerprint density at radius 3 is 2.67 bits per heavy atom. The first-order valence-corrected chi connectivity index (χ1v) is 6.60. The number of amides is 2. The summed E-state index contributed by atoms with van der Waals surface area (Å²) in [6.45, 7) is 2.32. The van der Waals surface area contributed by atoms with Crippen LogP contribution >= 0.6 is 0 Å². The monoisotopic (exact) mass is 293 g/mol. The van der Waals surface area contributed by atoms with Crippen LogP contribution in [0, 0.1) is 0 Å². The molecule has 1 atom stereocenters. The number of carboxylic acid groups (broad SMARTS) is 1. The van der Waals surface area contributed by atoms with Crippen molar-refractivity contribution in [2.45, 2.75) is 25.8 Å². The van der Waals surface area contributed by atoms with Gasteiger partial charge in [0.2, 0.25) is 5.91 Å². The fourth-order valence-electron chi connectivity index (χ4n) is 1.65. The Labute approximate surface area is 122 Å². The highest BCUT2D eigenvalue weighted by atomic mass is 16.4. The summed E-state index contributed by atoms with van der Waals surface area (Å²) in [6.07, 6.45) is -0.120. The number of carboxylic acids is 1. The second-order valence-corrected chi connectivity index (χ2v) is 4.47. The van der Waals surface area contributed by atoms with E-state index in [0.29, 0.717) is 17.8 Å². The maximum absolute atomic E-state index is 11.8. The molecule has 0 aromatic heterocycles. The Hall–Kier alpha value is -2.41. The molecule has 1 unspecified atom stereocenters. The van der Waals surface area contributed by atoms with Gasteiger partial charge >= 0.3 is 5.97 Å². The molecule has 7 heteroatoms. The second kappa shape index (κ2) is 8.01. The van der Waals surface area contributed by atoms with E-state index in [1.807, 2.05) is 6.92 Å². The molecule has 2 amide bonds. The molecular formula is C14H19N3O4. The second-order valence-electron chi connectivity index (χ2n) is 4.47. The van der Waals surface area contributed by atoms with Gasteiger partial charge in [0.1, 0.15) is 0 Å². The largest absolute Gasteiger partial charge is 0.481 e. The minimum atomic E-state index is -1.00. The van der Waals surface area contributed by atoms with Gasteiger partial charge in [-0.1, -0.05) is 6.07 Å². The van der Waals surface area contributed by atoms with E-state index in [1.54, 1.807) is 18.2 Å². The number of rotatable bonds is 7. The van der Waals surface area contributed by atoms with E-state index in [-0.39, 0.29) is 18.7 Å². The molecular weight excluding hydrogens is 274 g/mol.